The second-order valence-electron chi connectivity index (χ2n) is 25.9. The molecule has 0 atom stereocenters. The number of halogens is 12. The van der Waals surface area contributed by atoms with Crippen LogP contribution >= 0.6 is 120 Å². The Labute approximate surface area is 688 Å². The first-order valence-electron chi connectivity index (χ1n) is 37.5. The minimum atomic E-state index is 0. The van der Waals surface area contributed by atoms with Crippen LogP contribution in [0.3, 0.4) is 0 Å². The highest BCUT2D eigenvalue weighted by atomic mass is 79.9. The van der Waals surface area contributed by atoms with Crippen LogP contribution < -0.4 is 33.9 Å². The molecular weight excluding hydrogens is 1600 g/mol. The van der Waals surface area contributed by atoms with Crippen molar-refractivity contribution in [1.82, 2.24) is 43.6 Å². The average Bonchev–Trinajstić information content (AvgIpc) is 1.19. The molecule has 0 aliphatic carbocycles. The zero-order valence-electron chi connectivity index (χ0n) is 61.6. The highest BCUT2D eigenvalue weighted by molar-refractivity contribution is 9.09. The molecule has 0 spiro atoms. The number of alkyl halides is 2. The number of fused-ring (bicyclic) bond motifs is 3. The second-order valence-corrected chi connectivity index (χ2v) is 29.9. The van der Waals surface area contributed by atoms with E-state index >= 15 is 0 Å². The van der Waals surface area contributed by atoms with Gasteiger partial charge in [-0.05, 0) is 121 Å². The van der Waals surface area contributed by atoms with Gasteiger partial charge >= 0.3 is 0 Å². The molecule has 1 N–H and O–H groups in total. The van der Waals surface area contributed by atoms with Crippen molar-refractivity contribution in [3.05, 3.63) is 193 Å². The van der Waals surface area contributed by atoms with Crippen LogP contribution in [0.15, 0.2) is 135 Å². The number of imidazole rings is 4. The molecule has 0 amide bonds. The summed E-state index contributed by atoms with van der Waals surface area (Å²) in [5, 5.41) is 8.71. The van der Waals surface area contributed by atoms with E-state index in [1.807, 2.05) is 105 Å². The van der Waals surface area contributed by atoms with E-state index in [4.69, 9.17) is 114 Å². The number of H-pyrrole nitrogens is 1. The van der Waals surface area contributed by atoms with Crippen molar-refractivity contribution in [2.75, 3.05) is 5.33 Å². The van der Waals surface area contributed by atoms with Crippen LogP contribution in [-0.4, -0.2) is 48.9 Å². The first-order chi connectivity index (χ1) is 49.7. The lowest BCUT2D eigenvalue weighted by atomic mass is 10.1. The van der Waals surface area contributed by atoms with Crippen molar-refractivity contribution in [1.29, 1.82) is 0 Å². The van der Waals surface area contributed by atoms with Crippen LogP contribution in [0.2, 0.25) is 41.2 Å². The molecular formula is C81H111BrCl11N11. The molecule has 0 saturated heterocycles. The van der Waals surface area contributed by atoms with Gasteiger partial charge < -0.3 is 34.4 Å². The molecule has 0 aliphatic rings. The molecule has 10 rings (SSSR count). The van der Waals surface area contributed by atoms with Gasteiger partial charge in [0.15, 0.2) is 10.3 Å². The quantitative estimate of drug-likeness (QED) is 0.0235. The number of nitrogens with one attached hydrogen (secondary N) is 1. The summed E-state index contributed by atoms with van der Waals surface area (Å²) in [5.74, 6) is 0.477. The molecule has 104 heavy (non-hydrogen) atoms. The third-order valence-electron chi connectivity index (χ3n) is 17.5. The number of pyridine rings is 3. The Balaban J connectivity index is 0.000000341. The number of aromatic amines is 1. The molecule has 0 fully saturated rings. The summed E-state index contributed by atoms with van der Waals surface area (Å²) < 4.78 is 9.98. The van der Waals surface area contributed by atoms with Crippen molar-refractivity contribution < 1.29 is 33.9 Å². The Kier molecular flexibility index (Phi) is 53.1. The van der Waals surface area contributed by atoms with E-state index in [0.717, 1.165) is 88.7 Å². The van der Waals surface area contributed by atoms with Gasteiger partial charge in [0.1, 0.15) is 23.4 Å². The highest BCUT2D eigenvalue weighted by Gasteiger charge is 2.22. The van der Waals surface area contributed by atoms with Crippen LogP contribution in [0.4, 0.5) is 0 Å². The Morgan fingerprint density at radius 1 is 0.365 bits per heavy atom. The van der Waals surface area contributed by atoms with E-state index < -0.39 is 0 Å². The summed E-state index contributed by atoms with van der Waals surface area (Å²) in [7, 11) is 0. The summed E-state index contributed by atoms with van der Waals surface area (Å²) >= 11 is 57.4. The van der Waals surface area contributed by atoms with Crippen LogP contribution in [0.25, 0.3) is 32.7 Å². The molecule has 7 heterocycles. The standard InChI is InChI=1S/C23H30Cl2N3.C22H28Cl2N3.C13H22Cl2N2.C10H21Br.C10H8ClN.C3H2Cl2N2.2ClH/c1-2-3-4-5-6-7-8-11-16-27-18-28(23(25)22(27)24)17-20-15-14-19-12-9-10-13-21(19)26-20;1-2-3-4-5-6-7-10-15-26-17-27(22(24)21(26)23)16-19-14-13-18-11-8-9-12-20(18)25-19;1-2-3-4-5-6-7-8-9-10-17-11-16-12(14)13(17)15;1-2-3-4-5-6-7-8-9-10-11;11-7-9-6-5-8-3-1-2-4-10(8)12-9;4-2-3(5)7-1-6-2;;/h9-10,12-15,18H,2-8,11,16-17H2,1H3;8-9,11-14,17H,2-7,10,15-16H2,1H3;11H,2-10H2,1H3;2-10H2,1H3;1-6H,7H2;1H,(H,6,7);2*1H/q2*+1;;;;;;/p-2. The van der Waals surface area contributed by atoms with Crippen molar-refractivity contribution in [3.8, 4) is 0 Å². The summed E-state index contributed by atoms with van der Waals surface area (Å²) in [6.45, 7) is 13.0. The van der Waals surface area contributed by atoms with Gasteiger partial charge in [0, 0.05) is 28.0 Å². The average molecular weight is 1710 g/mol. The Morgan fingerprint density at radius 3 is 1.00 bits per heavy atom. The number of hydrogen-bond donors (Lipinski definition) is 1. The third-order valence-corrected chi connectivity index (χ3v) is 21.5. The van der Waals surface area contributed by atoms with E-state index in [1.165, 1.54) is 191 Å². The lowest BCUT2D eigenvalue weighted by Gasteiger charge is -2.04. The number of para-hydroxylation sites is 3. The summed E-state index contributed by atoms with van der Waals surface area (Å²) in [4.78, 5) is 24.0. The number of hydrogen-bond acceptors (Lipinski definition) is 5. The Hall–Kier alpha value is -3.60. The summed E-state index contributed by atoms with van der Waals surface area (Å²) in [6.07, 6.45) is 48.5. The second kappa shape index (κ2) is 58.4. The molecule has 7 aromatic heterocycles. The normalized spacial score (nSPS) is 10.8. The Bertz CT molecular complexity index is 3820. The van der Waals surface area contributed by atoms with Gasteiger partial charge in [-0.25, -0.2) is 38.2 Å². The lowest BCUT2D eigenvalue weighted by molar-refractivity contribution is -0.686. The fourth-order valence-electron chi connectivity index (χ4n) is 11.5. The number of aromatic nitrogens is 11. The molecule has 23 heteroatoms. The monoisotopic (exact) mass is 1700 g/mol. The topological polar surface area (TPSA) is 103 Å². The van der Waals surface area contributed by atoms with Crippen LogP contribution in [-0.2, 0) is 38.6 Å². The van der Waals surface area contributed by atoms with Gasteiger partial charge in [-0.2, -0.15) is 0 Å². The van der Waals surface area contributed by atoms with E-state index in [9.17, 15) is 0 Å². The zero-order valence-corrected chi connectivity index (χ0v) is 71.5. The van der Waals surface area contributed by atoms with E-state index in [0.29, 0.717) is 60.2 Å². The van der Waals surface area contributed by atoms with Gasteiger partial charge in [-0.1, -0.05) is 323 Å². The zero-order chi connectivity index (χ0) is 73.4. The molecule has 0 saturated carbocycles. The molecule has 11 nitrogen and oxygen atoms in total. The number of unbranched alkanes of at least 4 members (excludes halogenated alkanes) is 27. The van der Waals surface area contributed by atoms with Crippen LogP contribution in [0, 0.1) is 0 Å². The minimum Gasteiger partial charge on any atom is -1.00 e. The van der Waals surface area contributed by atoms with Gasteiger partial charge in [0.2, 0.25) is 12.7 Å². The summed E-state index contributed by atoms with van der Waals surface area (Å²) in [5.41, 5.74) is 5.89. The van der Waals surface area contributed by atoms with Crippen molar-refractivity contribution in [2.45, 2.75) is 265 Å². The predicted octanol–water partition coefficient (Wildman–Crippen LogP) is 21.8. The largest absolute Gasteiger partial charge is 1.00 e. The van der Waals surface area contributed by atoms with E-state index in [2.05, 4.69) is 103 Å². The van der Waals surface area contributed by atoms with Crippen LogP contribution in [0.1, 0.15) is 244 Å². The maximum atomic E-state index is 6.48. The van der Waals surface area contributed by atoms with Crippen molar-refractivity contribution in [2.24, 2.45) is 0 Å². The third kappa shape index (κ3) is 37.2. The molecule has 0 aliphatic heterocycles. The molecule has 574 valence electrons. The Morgan fingerprint density at radius 2 is 0.692 bits per heavy atom. The van der Waals surface area contributed by atoms with E-state index in [-0.39, 0.29) is 24.8 Å². The number of aryl methyl sites for hydroxylation is 3. The first-order valence-corrected chi connectivity index (χ1v) is 42.2. The van der Waals surface area contributed by atoms with Crippen molar-refractivity contribution in [3.63, 3.8) is 0 Å². The van der Waals surface area contributed by atoms with E-state index in [1.54, 1.807) is 6.33 Å². The molecule has 0 unspecified atom stereocenters. The lowest BCUT2D eigenvalue weighted by Crippen LogP contribution is -3.00. The fourth-order valence-corrected chi connectivity index (χ4v) is 13.5. The maximum absolute atomic E-state index is 6.48. The van der Waals surface area contributed by atoms with Crippen molar-refractivity contribution >= 4 is 153 Å². The number of nitrogens with zero attached hydrogens (tertiary/aromatic N) is 10. The molecule has 10 aromatic rings. The number of rotatable bonds is 39. The first kappa shape index (κ1) is 94.6. The van der Waals surface area contributed by atoms with Gasteiger partial charge in [-0.15, -0.1) is 11.6 Å². The highest BCUT2D eigenvalue weighted by Crippen LogP contribution is 2.25. The smallest absolute Gasteiger partial charge is 0.255 e. The molecule has 0 radical (unpaired) electrons. The molecule has 0 bridgehead atoms. The fraction of sp³-hybridized carbons (Fsp3) is 0.519. The SMILES string of the molecule is CCCCCCCCCCBr.CCCCCCCCCCn1c[n+](Cc2ccc3ccccc3n2)c(Cl)c1Cl.CCCCCCCCCCn1cnc(Cl)c1Cl.CCCCCCCCCn1c[n+](Cc2ccc3ccccc3n2)c(Cl)c1Cl.ClCc1ccc2ccccc2n1.Clc1nc[nH]c1Cl.[Cl-].[Cl-]. The van der Waals surface area contributed by atoms with Gasteiger partial charge in [0.25, 0.3) is 20.6 Å². The number of benzene rings is 3. The summed E-state index contributed by atoms with van der Waals surface area (Å²) in [6, 6.07) is 36.6. The van der Waals surface area contributed by atoms with Crippen LogP contribution in [0.5, 0.6) is 0 Å². The maximum Gasteiger partial charge on any atom is 0.255 e. The minimum absolute atomic E-state index is 0. The predicted molar refractivity (Wildman–Crippen MR) is 443 cm³/mol. The molecule has 3 aromatic carbocycles. The van der Waals surface area contributed by atoms with Gasteiger partial charge in [0.05, 0.1) is 65.3 Å². The van der Waals surface area contributed by atoms with Gasteiger partial charge in [-0.3, -0.25) is 4.98 Å².